The summed E-state index contributed by atoms with van der Waals surface area (Å²) in [6.45, 7) is 3.77. The highest BCUT2D eigenvalue weighted by Crippen LogP contribution is 2.15. The highest BCUT2D eigenvalue weighted by atomic mass is 16.5. The zero-order valence-electron chi connectivity index (χ0n) is 13.1. The molecule has 0 radical (unpaired) electrons. The van der Waals surface area contributed by atoms with Crippen LogP contribution < -0.4 is 15.8 Å². The Kier molecular flexibility index (Phi) is 5.12. The van der Waals surface area contributed by atoms with Gasteiger partial charge in [-0.15, -0.1) is 0 Å². The second kappa shape index (κ2) is 7.04. The van der Waals surface area contributed by atoms with E-state index < -0.39 is 6.04 Å². The third-order valence-corrected chi connectivity index (χ3v) is 3.41. The molecule has 0 saturated carbocycles. The Balaban J connectivity index is 2.02. The summed E-state index contributed by atoms with van der Waals surface area (Å²) in [5.41, 5.74) is 9.34. The van der Waals surface area contributed by atoms with Crippen LogP contribution in [0.1, 0.15) is 17.0 Å². The number of methoxy groups -OCH3 is 1. The summed E-state index contributed by atoms with van der Waals surface area (Å²) >= 11 is 0. The van der Waals surface area contributed by atoms with Crippen molar-refractivity contribution in [3.8, 4) is 5.75 Å². The predicted octanol–water partition coefficient (Wildman–Crippen LogP) is 2.22. The molecule has 0 aliphatic heterocycles. The van der Waals surface area contributed by atoms with Crippen molar-refractivity contribution in [3.05, 3.63) is 53.3 Å². The number of carbonyl (C=O) groups is 1. The molecule has 0 saturated heterocycles. The number of rotatable bonds is 5. The quantitative estimate of drug-likeness (QED) is 0.887. The van der Waals surface area contributed by atoms with Crippen LogP contribution in [0.15, 0.2) is 36.4 Å². The Morgan fingerprint density at radius 3 is 2.77 bits per heavy atom. The molecule has 0 aliphatic carbocycles. The van der Waals surface area contributed by atoms with Gasteiger partial charge in [-0.1, -0.05) is 12.1 Å². The lowest BCUT2D eigenvalue weighted by atomic mass is 10.1. The van der Waals surface area contributed by atoms with Gasteiger partial charge in [0.25, 0.3) is 0 Å². The van der Waals surface area contributed by atoms with Crippen molar-refractivity contribution in [1.82, 2.24) is 4.98 Å². The van der Waals surface area contributed by atoms with Crippen LogP contribution in [0.5, 0.6) is 5.75 Å². The smallest absolute Gasteiger partial charge is 0.241 e. The molecule has 3 N–H and O–H groups in total. The molecule has 0 spiro atoms. The second-order valence-electron chi connectivity index (χ2n) is 5.24. The number of aromatic nitrogens is 1. The van der Waals surface area contributed by atoms with Crippen LogP contribution in [0.3, 0.4) is 0 Å². The third-order valence-electron chi connectivity index (χ3n) is 3.41. The van der Waals surface area contributed by atoms with E-state index >= 15 is 0 Å². The largest absolute Gasteiger partial charge is 0.497 e. The summed E-state index contributed by atoms with van der Waals surface area (Å²) in [5, 5.41) is 2.83. The fraction of sp³-hybridized carbons (Fsp3) is 0.294. The molecule has 0 aliphatic rings. The standard InChI is InChI=1S/C17H21N3O2/c1-11-7-8-16(12(2)19-11)20-17(21)15(18)10-13-5-4-6-14(9-13)22-3/h4-9,15H,10,18H2,1-3H3,(H,20,21). The van der Waals surface area contributed by atoms with Crippen LogP contribution >= 0.6 is 0 Å². The van der Waals surface area contributed by atoms with E-state index in [1.54, 1.807) is 7.11 Å². The minimum Gasteiger partial charge on any atom is -0.497 e. The number of hydrogen-bond acceptors (Lipinski definition) is 4. The van der Waals surface area contributed by atoms with Gasteiger partial charge in [0.05, 0.1) is 24.5 Å². The number of nitrogens with zero attached hydrogens (tertiary/aromatic N) is 1. The first-order chi connectivity index (χ1) is 10.5. The van der Waals surface area contributed by atoms with Crippen LogP contribution in [0.25, 0.3) is 0 Å². The maximum atomic E-state index is 12.2. The SMILES string of the molecule is COc1cccc(CC(N)C(=O)Nc2ccc(C)nc2C)c1. The normalized spacial score (nSPS) is 11.8. The Labute approximate surface area is 130 Å². The van der Waals surface area contributed by atoms with Crippen LogP contribution in [-0.4, -0.2) is 24.0 Å². The fourth-order valence-corrected chi connectivity index (χ4v) is 2.19. The van der Waals surface area contributed by atoms with Gasteiger partial charge in [-0.3, -0.25) is 9.78 Å². The summed E-state index contributed by atoms with van der Waals surface area (Å²) in [4.78, 5) is 16.5. The molecule has 2 rings (SSSR count). The number of benzene rings is 1. The number of carbonyl (C=O) groups excluding carboxylic acids is 1. The number of hydrogen-bond donors (Lipinski definition) is 2. The van der Waals surface area contributed by atoms with Gasteiger partial charge in [-0.2, -0.15) is 0 Å². The van der Waals surface area contributed by atoms with E-state index in [4.69, 9.17) is 10.5 Å². The first-order valence-corrected chi connectivity index (χ1v) is 7.13. The van der Waals surface area contributed by atoms with Crippen molar-refractivity contribution in [3.63, 3.8) is 0 Å². The van der Waals surface area contributed by atoms with Crippen LogP contribution in [-0.2, 0) is 11.2 Å². The van der Waals surface area contributed by atoms with Crippen molar-refractivity contribution in [2.24, 2.45) is 5.73 Å². The molecular weight excluding hydrogens is 278 g/mol. The van der Waals surface area contributed by atoms with E-state index in [1.807, 2.05) is 50.2 Å². The van der Waals surface area contributed by atoms with Gasteiger partial charge in [0.2, 0.25) is 5.91 Å². The molecule has 5 nitrogen and oxygen atoms in total. The average molecular weight is 299 g/mol. The summed E-state index contributed by atoms with van der Waals surface area (Å²) in [6.07, 6.45) is 0.446. The van der Waals surface area contributed by atoms with Crippen LogP contribution in [0.4, 0.5) is 5.69 Å². The number of nitrogens with two attached hydrogens (primary N) is 1. The van der Waals surface area contributed by atoms with Crippen LogP contribution in [0, 0.1) is 13.8 Å². The highest BCUT2D eigenvalue weighted by molar-refractivity contribution is 5.95. The Morgan fingerprint density at radius 1 is 1.32 bits per heavy atom. The van der Waals surface area contributed by atoms with Gasteiger partial charge in [0.1, 0.15) is 5.75 Å². The molecular formula is C17H21N3O2. The molecule has 22 heavy (non-hydrogen) atoms. The maximum absolute atomic E-state index is 12.2. The maximum Gasteiger partial charge on any atom is 0.241 e. The number of pyridine rings is 1. The van der Waals surface area contributed by atoms with E-state index in [0.717, 1.165) is 22.7 Å². The Hall–Kier alpha value is -2.40. The topological polar surface area (TPSA) is 77.2 Å². The number of nitrogens with one attached hydrogen (secondary N) is 1. The minimum absolute atomic E-state index is 0.225. The first-order valence-electron chi connectivity index (χ1n) is 7.13. The molecule has 1 heterocycles. The molecule has 1 aromatic heterocycles. The molecule has 1 amide bonds. The van der Waals surface area contributed by atoms with Gasteiger partial charge in [0.15, 0.2) is 0 Å². The number of anilines is 1. The van der Waals surface area contributed by atoms with Crippen molar-refractivity contribution in [1.29, 1.82) is 0 Å². The van der Waals surface area contributed by atoms with Gasteiger partial charge in [-0.05, 0) is 50.1 Å². The van der Waals surface area contributed by atoms with E-state index in [9.17, 15) is 4.79 Å². The Morgan fingerprint density at radius 2 is 2.09 bits per heavy atom. The lowest BCUT2D eigenvalue weighted by molar-refractivity contribution is -0.117. The molecule has 5 heteroatoms. The molecule has 1 aromatic carbocycles. The number of ether oxygens (including phenoxy) is 1. The Bertz CT molecular complexity index is 671. The summed E-state index contributed by atoms with van der Waals surface area (Å²) < 4.78 is 5.17. The van der Waals surface area contributed by atoms with Crippen molar-refractivity contribution in [2.75, 3.05) is 12.4 Å². The summed E-state index contributed by atoms with van der Waals surface area (Å²) in [5.74, 6) is 0.528. The molecule has 2 aromatic rings. The monoisotopic (exact) mass is 299 g/mol. The van der Waals surface area contributed by atoms with Gasteiger partial charge in [0, 0.05) is 5.69 Å². The fourth-order valence-electron chi connectivity index (χ4n) is 2.19. The van der Waals surface area contributed by atoms with Crippen LogP contribution in [0.2, 0.25) is 0 Å². The second-order valence-corrected chi connectivity index (χ2v) is 5.24. The number of amides is 1. The van der Waals surface area contributed by atoms with Gasteiger partial charge in [-0.25, -0.2) is 0 Å². The van der Waals surface area contributed by atoms with E-state index in [1.165, 1.54) is 0 Å². The minimum atomic E-state index is -0.632. The zero-order valence-corrected chi connectivity index (χ0v) is 13.1. The summed E-state index contributed by atoms with van der Waals surface area (Å²) in [7, 11) is 1.61. The lowest BCUT2D eigenvalue weighted by Crippen LogP contribution is -2.37. The van der Waals surface area contributed by atoms with Crippen molar-refractivity contribution in [2.45, 2.75) is 26.3 Å². The van der Waals surface area contributed by atoms with Gasteiger partial charge < -0.3 is 15.8 Å². The predicted molar refractivity (Wildman–Crippen MR) is 87.0 cm³/mol. The lowest BCUT2D eigenvalue weighted by Gasteiger charge is -2.14. The third kappa shape index (κ3) is 4.05. The van der Waals surface area contributed by atoms with Crippen molar-refractivity contribution < 1.29 is 9.53 Å². The number of aryl methyl sites for hydroxylation is 2. The van der Waals surface area contributed by atoms with E-state index in [0.29, 0.717) is 12.1 Å². The first kappa shape index (κ1) is 16.0. The van der Waals surface area contributed by atoms with Gasteiger partial charge >= 0.3 is 0 Å². The average Bonchev–Trinajstić information content (AvgIpc) is 2.50. The molecule has 0 fully saturated rings. The molecule has 0 bridgehead atoms. The molecule has 1 unspecified atom stereocenters. The molecule has 116 valence electrons. The summed E-state index contributed by atoms with van der Waals surface area (Å²) in [6, 6.07) is 10.6. The highest BCUT2D eigenvalue weighted by Gasteiger charge is 2.15. The zero-order chi connectivity index (χ0) is 16.1. The molecule has 1 atom stereocenters. The van der Waals surface area contributed by atoms with E-state index in [2.05, 4.69) is 10.3 Å². The van der Waals surface area contributed by atoms with E-state index in [-0.39, 0.29) is 5.91 Å². The van der Waals surface area contributed by atoms with Crippen molar-refractivity contribution >= 4 is 11.6 Å².